The third kappa shape index (κ3) is 9.95. The van der Waals surface area contributed by atoms with Gasteiger partial charge in [-0.2, -0.15) is 0 Å². The van der Waals surface area contributed by atoms with Crippen molar-refractivity contribution < 1.29 is 19.4 Å². The van der Waals surface area contributed by atoms with E-state index in [1.165, 1.54) is 83.5 Å². The van der Waals surface area contributed by atoms with E-state index in [4.69, 9.17) is 14.6 Å². The predicted octanol–water partition coefficient (Wildman–Crippen LogP) is 6.70. The number of unbranched alkanes of at least 4 members (excludes halogenated alkanes) is 2. The van der Waals surface area contributed by atoms with Crippen molar-refractivity contribution >= 4 is 5.97 Å². The van der Waals surface area contributed by atoms with Gasteiger partial charge in [-0.1, -0.05) is 71.3 Å². The van der Waals surface area contributed by atoms with Gasteiger partial charge in [-0.15, -0.1) is 0 Å². The van der Waals surface area contributed by atoms with Gasteiger partial charge in [0.2, 0.25) is 0 Å². The number of carbonyl (C=O) groups excluding carboxylic acids is 1. The normalized spacial score (nSPS) is 27.1. The van der Waals surface area contributed by atoms with Crippen molar-refractivity contribution in [1.82, 2.24) is 0 Å². The highest BCUT2D eigenvalue weighted by molar-refractivity contribution is 5.87. The maximum Gasteiger partial charge on any atom is 0.335 e. The lowest BCUT2D eigenvalue weighted by atomic mass is 9.68. The topological polar surface area (TPSA) is 55.8 Å². The highest BCUT2D eigenvalue weighted by atomic mass is 16.5. The Balaban J connectivity index is 1.65. The first-order chi connectivity index (χ1) is 15.6. The number of aliphatic hydroxyl groups excluding tert-OH is 1. The molecule has 0 aromatic heterocycles. The summed E-state index contributed by atoms with van der Waals surface area (Å²) in [6, 6.07) is 0. The third-order valence-corrected chi connectivity index (χ3v) is 8.31. The molecule has 2 rings (SSSR count). The number of methoxy groups -OCH3 is 1. The van der Waals surface area contributed by atoms with Gasteiger partial charge in [0.25, 0.3) is 0 Å². The maximum absolute atomic E-state index is 11.8. The van der Waals surface area contributed by atoms with E-state index < -0.39 is 5.97 Å². The molecule has 1 N–H and O–H groups in total. The fraction of sp³-hybridized carbons (Fsp3) is 0.893. The standard InChI is InChI=1S/C28H50O4/c1-4-5-6-7-23-10-14-26(15-11-23)27-16-12-24(13-17-27)8-9-25(18-19-31-3)21-32-28(30)22(2)20-29/h23-27,29H,2,4-21H2,1,3H3. The van der Waals surface area contributed by atoms with Crippen LogP contribution in [0, 0.1) is 29.6 Å². The number of esters is 1. The summed E-state index contributed by atoms with van der Waals surface area (Å²) in [6.07, 6.45) is 20.4. The molecule has 32 heavy (non-hydrogen) atoms. The molecule has 0 aromatic carbocycles. The Hall–Kier alpha value is -0.870. The summed E-state index contributed by atoms with van der Waals surface area (Å²) in [5.74, 6) is 3.65. The van der Waals surface area contributed by atoms with Crippen LogP contribution in [0.2, 0.25) is 0 Å². The van der Waals surface area contributed by atoms with Gasteiger partial charge < -0.3 is 14.6 Å². The molecule has 2 aliphatic carbocycles. The number of hydrogen-bond acceptors (Lipinski definition) is 4. The smallest absolute Gasteiger partial charge is 0.335 e. The summed E-state index contributed by atoms with van der Waals surface area (Å²) in [6.45, 7) is 6.60. The van der Waals surface area contributed by atoms with Crippen LogP contribution in [0.3, 0.4) is 0 Å². The maximum atomic E-state index is 11.8. The van der Waals surface area contributed by atoms with Crippen molar-refractivity contribution in [1.29, 1.82) is 0 Å². The average Bonchev–Trinajstić information content (AvgIpc) is 2.83. The van der Waals surface area contributed by atoms with Crippen LogP contribution in [0.4, 0.5) is 0 Å². The fourth-order valence-corrected chi connectivity index (χ4v) is 6.01. The van der Waals surface area contributed by atoms with Gasteiger partial charge in [0.1, 0.15) is 0 Å². The molecule has 4 nitrogen and oxygen atoms in total. The molecule has 1 unspecified atom stereocenters. The molecule has 0 saturated heterocycles. The van der Waals surface area contributed by atoms with E-state index in [9.17, 15) is 4.79 Å². The summed E-state index contributed by atoms with van der Waals surface area (Å²) >= 11 is 0. The number of hydrogen-bond donors (Lipinski definition) is 1. The van der Waals surface area contributed by atoms with E-state index in [-0.39, 0.29) is 12.2 Å². The van der Waals surface area contributed by atoms with Gasteiger partial charge in [0, 0.05) is 13.7 Å². The summed E-state index contributed by atoms with van der Waals surface area (Å²) < 4.78 is 10.6. The Bertz CT molecular complexity index is 516. The molecule has 0 aromatic rings. The molecule has 1 atom stereocenters. The Kier molecular flexibility index (Phi) is 13.6. The lowest BCUT2D eigenvalue weighted by molar-refractivity contribution is -0.141. The predicted molar refractivity (Wildman–Crippen MR) is 131 cm³/mol. The van der Waals surface area contributed by atoms with Crippen molar-refractivity contribution in [3.63, 3.8) is 0 Å². The zero-order chi connectivity index (χ0) is 23.2. The lowest BCUT2D eigenvalue weighted by Gasteiger charge is -2.38. The molecule has 2 fully saturated rings. The van der Waals surface area contributed by atoms with Gasteiger partial charge in [-0.25, -0.2) is 4.79 Å². The second-order valence-corrected chi connectivity index (χ2v) is 10.6. The van der Waals surface area contributed by atoms with Crippen LogP contribution in [-0.4, -0.2) is 38.0 Å². The molecule has 0 spiro atoms. The number of aliphatic hydroxyl groups is 1. The molecule has 186 valence electrons. The average molecular weight is 451 g/mol. The second-order valence-electron chi connectivity index (χ2n) is 10.6. The first-order valence-electron chi connectivity index (χ1n) is 13.5. The van der Waals surface area contributed by atoms with E-state index in [0.717, 1.165) is 36.5 Å². The van der Waals surface area contributed by atoms with Gasteiger partial charge in [0.05, 0.1) is 18.8 Å². The summed E-state index contributed by atoms with van der Waals surface area (Å²) in [4.78, 5) is 11.8. The Morgan fingerprint density at radius 1 is 0.938 bits per heavy atom. The Morgan fingerprint density at radius 3 is 2.06 bits per heavy atom. The highest BCUT2D eigenvalue weighted by Gasteiger charge is 2.31. The van der Waals surface area contributed by atoms with Crippen LogP contribution in [0.25, 0.3) is 0 Å². The van der Waals surface area contributed by atoms with Crippen molar-refractivity contribution in [3.05, 3.63) is 12.2 Å². The number of ether oxygens (including phenoxy) is 2. The van der Waals surface area contributed by atoms with Crippen molar-refractivity contribution in [3.8, 4) is 0 Å². The summed E-state index contributed by atoms with van der Waals surface area (Å²) in [5, 5.41) is 9.04. The largest absolute Gasteiger partial charge is 0.462 e. The van der Waals surface area contributed by atoms with Crippen molar-refractivity contribution in [2.75, 3.05) is 26.9 Å². The summed E-state index contributed by atoms with van der Waals surface area (Å²) in [5.41, 5.74) is 0.129. The van der Waals surface area contributed by atoms with Crippen LogP contribution in [0.1, 0.15) is 103 Å². The second kappa shape index (κ2) is 15.9. The molecule has 0 amide bonds. The van der Waals surface area contributed by atoms with Crippen molar-refractivity contribution in [2.24, 2.45) is 29.6 Å². The minimum atomic E-state index is -0.476. The van der Waals surface area contributed by atoms with Crippen LogP contribution in [0.5, 0.6) is 0 Å². The van der Waals surface area contributed by atoms with E-state index >= 15 is 0 Å². The van der Waals surface area contributed by atoms with Crippen LogP contribution in [-0.2, 0) is 14.3 Å². The Morgan fingerprint density at radius 2 is 1.53 bits per heavy atom. The monoisotopic (exact) mass is 450 g/mol. The molecule has 2 aliphatic rings. The van der Waals surface area contributed by atoms with Gasteiger partial charge >= 0.3 is 5.97 Å². The van der Waals surface area contributed by atoms with E-state index in [0.29, 0.717) is 19.1 Å². The fourth-order valence-electron chi connectivity index (χ4n) is 6.01. The SMILES string of the molecule is C=C(CO)C(=O)OCC(CCOC)CCC1CCC(C2CCC(CCCCC)CC2)CC1. The molecule has 0 heterocycles. The zero-order valence-electron chi connectivity index (χ0n) is 21.0. The van der Waals surface area contributed by atoms with E-state index in [1.54, 1.807) is 7.11 Å². The van der Waals surface area contributed by atoms with Crippen molar-refractivity contribution in [2.45, 2.75) is 103 Å². The Labute approximate surface area is 197 Å². The number of carbonyl (C=O) groups is 1. The number of rotatable bonds is 15. The molecule has 0 aliphatic heterocycles. The first kappa shape index (κ1) is 27.4. The molecule has 0 radical (unpaired) electrons. The minimum Gasteiger partial charge on any atom is -0.462 e. The zero-order valence-corrected chi connectivity index (χ0v) is 21.0. The minimum absolute atomic E-state index is 0.129. The summed E-state index contributed by atoms with van der Waals surface area (Å²) in [7, 11) is 1.72. The molecule has 2 saturated carbocycles. The molecular weight excluding hydrogens is 400 g/mol. The highest BCUT2D eigenvalue weighted by Crippen LogP contribution is 2.43. The lowest BCUT2D eigenvalue weighted by Crippen LogP contribution is -2.26. The van der Waals surface area contributed by atoms with E-state index in [2.05, 4.69) is 13.5 Å². The molecule has 4 heteroatoms. The van der Waals surface area contributed by atoms with Crippen LogP contribution < -0.4 is 0 Å². The quantitative estimate of drug-likeness (QED) is 0.171. The molecule has 0 bridgehead atoms. The van der Waals surface area contributed by atoms with Gasteiger partial charge in [-0.3, -0.25) is 0 Å². The molecular formula is C28H50O4. The van der Waals surface area contributed by atoms with Gasteiger partial charge in [-0.05, 0) is 68.1 Å². The van der Waals surface area contributed by atoms with E-state index in [1.807, 2.05) is 0 Å². The van der Waals surface area contributed by atoms with Crippen LogP contribution >= 0.6 is 0 Å². The van der Waals surface area contributed by atoms with Crippen LogP contribution in [0.15, 0.2) is 12.2 Å². The third-order valence-electron chi connectivity index (χ3n) is 8.31. The first-order valence-corrected chi connectivity index (χ1v) is 13.5. The van der Waals surface area contributed by atoms with Gasteiger partial charge in [0.15, 0.2) is 0 Å².